The van der Waals surface area contributed by atoms with Crippen molar-refractivity contribution in [1.29, 1.82) is 0 Å². The number of para-hydroxylation sites is 2. The lowest BCUT2D eigenvalue weighted by molar-refractivity contribution is -0.405. The fraction of sp³-hybridized carbons (Fsp3) is 0.533. The van der Waals surface area contributed by atoms with Crippen LogP contribution in [0.2, 0.25) is 0 Å². The number of ether oxygens (including phenoxy) is 2. The first-order valence-electron chi connectivity index (χ1n) is 13.8. The van der Waals surface area contributed by atoms with Crippen molar-refractivity contribution >= 4 is 11.6 Å². The summed E-state index contributed by atoms with van der Waals surface area (Å²) in [5, 5.41) is 11.6. The summed E-state index contributed by atoms with van der Waals surface area (Å²) in [6.45, 7) is 5.80. The Bertz CT molecular complexity index is 1090. The van der Waals surface area contributed by atoms with Crippen molar-refractivity contribution < 1.29 is 14.4 Å². The topological polar surface area (TPSA) is 68.1 Å². The molecule has 2 aromatic rings. The van der Waals surface area contributed by atoms with Gasteiger partial charge < -0.3 is 19.3 Å². The van der Waals surface area contributed by atoms with Crippen molar-refractivity contribution in [3.8, 4) is 11.5 Å². The monoisotopic (exact) mass is 541 g/mol. The summed E-state index contributed by atoms with van der Waals surface area (Å²) >= 11 is 6.38. The van der Waals surface area contributed by atoms with Gasteiger partial charge in [0.1, 0.15) is 11.5 Å². The number of likely N-dealkylation sites (tertiary alicyclic amines) is 2. The Balaban J connectivity index is 1.61. The van der Waals surface area contributed by atoms with Gasteiger partial charge in [-0.3, -0.25) is 10.1 Å². The van der Waals surface area contributed by atoms with Crippen molar-refractivity contribution in [3.63, 3.8) is 0 Å². The molecule has 8 heteroatoms. The van der Waals surface area contributed by atoms with Crippen LogP contribution in [-0.2, 0) is 4.74 Å². The van der Waals surface area contributed by atoms with Crippen LogP contribution in [0.3, 0.4) is 0 Å². The lowest BCUT2D eigenvalue weighted by Gasteiger charge is -2.41. The van der Waals surface area contributed by atoms with Gasteiger partial charge in [0.15, 0.2) is 5.82 Å². The van der Waals surface area contributed by atoms with Gasteiger partial charge in [0.05, 0.1) is 10.3 Å². The molecule has 2 aromatic carbocycles. The van der Waals surface area contributed by atoms with E-state index in [-0.39, 0.29) is 16.2 Å². The van der Waals surface area contributed by atoms with Crippen LogP contribution in [0, 0.1) is 23.0 Å². The number of nitrogens with zero attached hydrogens (tertiary/aromatic N) is 3. The molecule has 0 spiro atoms. The lowest BCUT2D eigenvalue weighted by Crippen LogP contribution is -2.42. The highest BCUT2D eigenvalue weighted by Crippen LogP contribution is 2.42. The summed E-state index contributed by atoms with van der Waals surface area (Å²) in [5.41, 5.74) is 2.31. The Hall–Kier alpha value is -2.77. The first-order valence-corrected chi connectivity index (χ1v) is 14.2. The van der Waals surface area contributed by atoms with Crippen molar-refractivity contribution in [1.82, 2.24) is 9.80 Å². The number of unbranched alkanes of at least 4 members (excludes halogenated alkanes) is 1. The van der Waals surface area contributed by atoms with Gasteiger partial charge in [0, 0.05) is 39.9 Å². The molecule has 0 bridgehead atoms. The smallest absolute Gasteiger partial charge is 0.274 e. The van der Waals surface area contributed by atoms with Crippen LogP contribution in [0.4, 0.5) is 0 Å². The molecule has 38 heavy (non-hydrogen) atoms. The van der Waals surface area contributed by atoms with Gasteiger partial charge in [-0.15, -0.1) is 11.6 Å². The average Bonchev–Trinajstić information content (AvgIpc) is 3.35. The van der Waals surface area contributed by atoms with E-state index in [0.717, 1.165) is 81.8 Å². The summed E-state index contributed by atoms with van der Waals surface area (Å²) in [5.74, 6) is 3.07. The third-order valence-corrected chi connectivity index (χ3v) is 8.13. The van der Waals surface area contributed by atoms with Crippen molar-refractivity contribution in [2.75, 3.05) is 39.9 Å². The number of hydrogen-bond acceptors (Lipinski definition) is 6. The van der Waals surface area contributed by atoms with Gasteiger partial charge >= 0.3 is 0 Å². The van der Waals surface area contributed by atoms with Crippen LogP contribution in [0.15, 0.2) is 60.6 Å². The van der Waals surface area contributed by atoms with Gasteiger partial charge in [0.2, 0.25) is 0 Å². The molecule has 2 heterocycles. The van der Waals surface area contributed by atoms with Crippen molar-refractivity contribution in [2.45, 2.75) is 56.7 Å². The minimum Gasteiger partial charge on any atom is -0.457 e. The van der Waals surface area contributed by atoms with E-state index in [2.05, 4.69) is 41.0 Å². The van der Waals surface area contributed by atoms with Gasteiger partial charge in [-0.05, 0) is 74.1 Å². The highest BCUT2D eigenvalue weighted by molar-refractivity contribution is 6.20. The molecule has 0 radical (unpaired) electrons. The van der Waals surface area contributed by atoms with E-state index >= 15 is 0 Å². The van der Waals surface area contributed by atoms with Crippen LogP contribution < -0.4 is 4.74 Å². The fourth-order valence-electron chi connectivity index (χ4n) is 5.85. The minimum atomic E-state index is -0.325. The number of benzene rings is 2. The van der Waals surface area contributed by atoms with Crippen LogP contribution >= 0.6 is 11.6 Å². The summed E-state index contributed by atoms with van der Waals surface area (Å²) in [4.78, 5) is 15.6. The molecule has 0 aliphatic carbocycles. The van der Waals surface area contributed by atoms with Crippen molar-refractivity contribution in [2.24, 2.45) is 5.92 Å². The molecular formula is C30H40ClN3O4. The van der Waals surface area contributed by atoms with E-state index in [1.54, 1.807) is 7.11 Å². The van der Waals surface area contributed by atoms with E-state index in [1.165, 1.54) is 11.8 Å². The summed E-state index contributed by atoms with van der Waals surface area (Å²) in [6, 6.07) is 16.5. The molecule has 1 unspecified atom stereocenters. The molecule has 206 valence electrons. The Morgan fingerprint density at radius 1 is 1.08 bits per heavy atom. The number of hydrogen-bond donors (Lipinski definition) is 0. The molecule has 0 N–H and O–H groups in total. The van der Waals surface area contributed by atoms with Crippen molar-refractivity contribution in [3.05, 3.63) is 81.8 Å². The molecule has 4 rings (SSSR count). The van der Waals surface area contributed by atoms with Crippen LogP contribution in [0.25, 0.3) is 0 Å². The summed E-state index contributed by atoms with van der Waals surface area (Å²) in [6.07, 6.45) is 7.16. The largest absolute Gasteiger partial charge is 0.457 e. The second-order valence-corrected chi connectivity index (χ2v) is 11.1. The molecule has 2 saturated heterocycles. The number of alkyl halides is 1. The van der Waals surface area contributed by atoms with Gasteiger partial charge in [-0.2, -0.15) is 0 Å². The third-order valence-electron chi connectivity index (χ3n) is 7.77. The van der Waals surface area contributed by atoms with Crippen LogP contribution in [0.5, 0.6) is 11.5 Å². The Morgan fingerprint density at radius 2 is 1.82 bits per heavy atom. The second kappa shape index (κ2) is 13.9. The number of halogens is 1. The van der Waals surface area contributed by atoms with Crippen LogP contribution in [-0.4, -0.2) is 60.0 Å². The predicted molar refractivity (Wildman–Crippen MR) is 151 cm³/mol. The van der Waals surface area contributed by atoms with Gasteiger partial charge in [-0.1, -0.05) is 42.8 Å². The summed E-state index contributed by atoms with van der Waals surface area (Å²) in [7, 11) is 1.74. The molecule has 0 amide bonds. The van der Waals surface area contributed by atoms with E-state index in [0.29, 0.717) is 18.3 Å². The Kier molecular flexibility index (Phi) is 10.3. The van der Waals surface area contributed by atoms with E-state index in [9.17, 15) is 10.1 Å². The maximum absolute atomic E-state index is 11.6. The molecule has 3 atom stereocenters. The highest BCUT2D eigenvalue weighted by atomic mass is 35.5. The number of piperidine rings is 1. The number of nitro groups is 1. The SMILES string of the molecule is COCCCCC(c1ccccc1Oc1ccccc1C)[C@@H]1CCCN(/C(=C/[N+](=O)[O-])N2CC[C@H](Cl)C2)C1. The second-order valence-electron chi connectivity index (χ2n) is 10.5. The number of methoxy groups -OCH3 is 1. The molecule has 2 aliphatic rings. The molecular weight excluding hydrogens is 502 g/mol. The molecule has 2 aliphatic heterocycles. The number of aryl methyl sites for hydroxylation is 1. The zero-order valence-electron chi connectivity index (χ0n) is 22.6. The standard InChI is InChI=1S/C30H40ClN3O4/c1-23-10-3-5-14-28(23)38-29-15-6-4-13-27(29)26(12-7-8-19-37-2)24-11-9-17-32(20-24)30(22-34(35)36)33-18-16-25(31)21-33/h3-6,10,13-15,22,24-26H,7-9,11-12,16-21H2,1-2H3/b30-22-/t24-,25+,26?/m1/s1. The third kappa shape index (κ3) is 7.41. The maximum Gasteiger partial charge on any atom is 0.274 e. The Labute approximate surface area is 231 Å². The van der Waals surface area contributed by atoms with Crippen LogP contribution in [0.1, 0.15) is 55.6 Å². The number of rotatable bonds is 12. The maximum atomic E-state index is 11.6. The quantitative estimate of drug-likeness (QED) is 0.127. The first-order chi connectivity index (χ1) is 18.5. The van der Waals surface area contributed by atoms with E-state index in [1.807, 2.05) is 24.3 Å². The fourth-order valence-corrected chi connectivity index (χ4v) is 6.12. The van der Waals surface area contributed by atoms with Gasteiger partial charge in [-0.25, -0.2) is 0 Å². The molecule has 0 aromatic heterocycles. The molecule has 7 nitrogen and oxygen atoms in total. The highest BCUT2D eigenvalue weighted by Gasteiger charge is 2.34. The minimum absolute atomic E-state index is 0.0322. The lowest BCUT2D eigenvalue weighted by atomic mass is 9.78. The zero-order chi connectivity index (χ0) is 26.9. The van der Waals surface area contributed by atoms with E-state index < -0.39 is 0 Å². The molecule has 0 saturated carbocycles. The average molecular weight is 542 g/mol. The predicted octanol–water partition coefficient (Wildman–Crippen LogP) is 6.79. The zero-order valence-corrected chi connectivity index (χ0v) is 23.3. The van der Waals surface area contributed by atoms with Gasteiger partial charge in [0.25, 0.3) is 6.20 Å². The summed E-state index contributed by atoms with van der Waals surface area (Å²) < 4.78 is 11.8. The first kappa shape index (κ1) is 28.2. The van der Waals surface area contributed by atoms with E-state index in [4.69, 9.17) is 21.1 Å². The molecule has 2 fully saturated rings. The normalized spacial score (nSPS) is 21.0. The Morgan fingerprint density at radius 3 is 2.53 bits per heavy atom.